The lowest BCUT2D eigenvalue weighted by Crippen LogP contribution is -2.21. The molecule has 2 nitrogen and oxygen atoms in total. The predicted molar refractivity (Wildman–Crippen MR) is 61.9 cm³/mol. The van der Waals surface area contributed by atoms with Crippen molar-refractivity contribution in [3.05, 3.63) is 24.1 Å². The quantitative estimate of drug-likeness (QED) is 0.676. The molecule has 0 aromatic carbocycles. The van der Waals surface area contributed by atoms with Crippen molar-refractivity contribution in [2.45, 2.75) is 25.7 Å². The fraction of sp³-hybridized carbons (Fsp3) is 0.615. The molecule has 1 saturated carbocycles. The maximum atomic E-state index is 13.1. The predicted octanol–water partition coefficient (Wildman–Crippen LogP) is 2.85. The fourth-order valence-corrected chi connectivity index (χ4v) is 3.17. The molecule has 2 fully saturated rings. The maximum absolute atomic E-state index is 13.1. The highest BCUT2D eigenvalue weighted by atomic mass is 19.1. The van der Waals surface area contributed by atoms with Gasteiger partial charge in [-0.2, -0.15) is 4.39 Å². The number of hydrogen-bond acceptors (Lipinski definition) is 2. The second-order valence-electron chi connectivity index (χ2n) is 5.03. The largest absolute Gasteiger partial charge is 0.356 e. The van der Waals surface area contributed by atoms with Gasteiger partial charge < -0.3 is 4.90 Å². The Morgan fingerprint density at radius 3 is 2.44 bits per heavy atom. The van der Waals surface area contributed by atoms with Gasteiger partial charge in [0.25, 0.3) is 0 Å². The molecule has 2 unspecified atom stereocenters. The van der Waals surface area contributed by atoms with Crippen molar-refractivity contribution >= 4 is 5.82 Å². The summed E-state index contributed by atoms with van der Waals surface area (Å²) >= 11 is 0. The van der Waals surface area contributed by atoms with Gasteiger partial charge in [0.1, 0.15) is 5.82 Å². The van der Waals surface area contributed by atoms with Crippen LogP contribution in [-0.4, -0.2) is 18.1 Å². The van der Waals surface area contributed by atoms with E-state index in [2.05, 4.69) is 9.88 Å². The van der Waals surface area contributed by atoms with Crippen molar-refractivity contribution in [2.75, 3.05) is 18.0 Å². The van der Waals surface area contributed by atoms with E-state index in [4.69, 9.17) is 0 Å². The average molecular weight is 220 g/mol. The van der Waals surface area contributed by atoms with Gasteiger partial charge in [0.2, 0.25) is 5.95 Å². The minimum Gasteiger partial charge on any atom is -0.356 e. The highest BCUT2D eigenvalue weighted by molar-refractivity contribution is 5.39. The van der Waals surface area contributed by atoms with Crippen LogP contribution >= 0.6 is 0 Å². The van der Waals surface area contributed by atoms with Gasteiger partial charge in [-0.1, -0.05) is 18.9 Å². The van der Waals surface area contributed by atoms with E-state index in [0.29, 0.717) is 0 Å². The molecule has 0 bridgehead atoms. The molecule has 0 radical (unpaired) electrons. The molecule has 1 aliphatic heterocycles. The lowest BCUT2D eigenvalue weighted by Gasteiger charge is -2.22. The van der Waals surface area contributed by atoms with Crippen LogP contribution < -0.4 is 4.90 Å². The summed E-state index contributed by atoms with van der Waals surface area (Å²) in [5.74, 6) is 2.08. The Bertz CT molecular complexity index is 366. The summed E-state index contributed by atoms with van der Waals surface area (Å²) < 4.78 is 13.1. The molecule has 1 aromatic heterocycles. The number of hydrogen-bond donors (Lipinski definition) is 0. The third-order valence-corrected chi connectivity index (χ3v) is 4.00. The molecule has 1 aromatic rings. The lowest BCUT2D eigenvalue weighted by atomic mass is 9.82. The summed E-state index contributed by atoms with van der Waals surface area (Å²) in [5.41, 5.74) is 0. The average Bonchev–Trinajstić information content (AvgIpc) is 2.72. The third-order valence-electron chi connectivity index (χ3n) is 4.00. The van der Waals surface area contributed by atoms with E-state index in [1.165, 1.54) is 31.7 Å². The SMILES string of the molecule is Fc1cccc(N2CC3CCCCC3C2)n1. The summed E-state index contributed by atoms with van der Waals surface area (Å²) in [6.07, 6.45) is 5.42. The van der Waals surface area contributed by atoms with Crippen LogP contribution in [0.3, 0.4) is 0 Å². The minimum atomic E-state index is -0.368. The number of rotatable bonds is 1. The van der Waals surface area contributed by atoms with Crippen LogP contribution in [0.1, 0.15) is 25.7 Å². The Morgan fingerprint density at radius 2 is 1.81 bits per heavy atom. The van der Waals surface area contributed by atoms with Crippen LogP contribution in [-0.2, 0) is 0 Å². The normalized spacial score (nSPS) is 29.2. The van der Waals surface area contributed by atoms with Gasteiger partial charge in [-0.25, -0.2) is 4.98 Å². The van der Waals surface area contributed by atoms with Gasteiger partial charge in [-0.15, -0.1) is 0 Å². The number of nitrogens with zero attached hydrogens (tertiary/aromatic N) is 2. The van der Waals surface area contributed by atoms with E-state index >= 15 is 0 Å². The molecular formula is C13H17FN2. The van der Waals surface area contributed by atoms with Gasteiger partial charge in [0, 0.05) is 13.1 Å². The van der Waals surface area contributed by atoms with E-state index < -0.39 is 0 Å². The van der Waals surface area contributed by atoms with E-state index in [1.54, 1.807) is 6.07 Å². The smallest absolute Gasteiger partial charge is 0.214 e. The first kappa shape index (κ1) is 10.1. The minimum absolute atomic E-state index is 0.368. The van der Waals surface area contributed by atoms with E-state index in [-0.39, 0.29) is 5.95 Å². The monoisotopic (exact) mass is 220 g/mol. The van der Waals surface area contributed by atoms with Crippen molar-refractivity contribution in [1.29, 1.82) is 0 Å². The van der Waals surface area contributed by atoms with Crippen molar-refractivity contribution in [3.63, 3.8) is 0 Å². The number of halogens is 1. The van der Waals surface area contributed by atoms with E-state index in [1.807, 2.05) is 6.07 Å². The van der Waals surface area contributed by atoms with Crippen molar-refractivity contribution in [2.24, 2.45) is 11.8 Å². The zero-order chi connectivity index (χ0) is 11.0. The maximum Gasteiger partial charge on any atom is 0.214 e. The summed E-state index contributed by atoms with van der Waals surface area (Å²) in [5, 5.41) is 0. The van der Waals surface area contributed by atoms with E-state index in [9.17, 15) is 4.39 Å². The molecule has 0 spiro atoms. The summed E-state index contributed by atoms with van der Waals surface area (Å²) in [4.78, 5) is 6.23. The summed E-state index contributed by atoms with van der Waals surface area (Å²) in [7, 11) is 0. The molecule has 3 rings (SSSR count). The van der Waals surface area contributed by atoms with Gasteiger partial charge >= 0.3 is 0 Å². The molecule has 2 aliphatic rings. The molecular weight excluding hydrogens is 203 g/mol. The van der Waals surface area contributed by atoms with E-state index in [0.717, 1.165) is 30.7 Å². The highest BCUT2D eigenvalue weighted by Gasteiger charge is 2.34. The Balaban J connectivity index is 1.77. The second-order valence-corrected chi connectivity index (χ2v) is 5.03. The fourth-order valence-electron chi connectivity index (χ4n) is 3.17. The van der Waals surface area contributed by atoms with Crippen molar-refractivity contribution < 1.29 is 4.39 Å². The first-order valence-electron chi connectivity index (χ1n) is 6.20. The lowest BCUT2D eigenvalue weighted by molar-refractivity contribution is 0.299. The molecule has 0 amide bonds. The Hall–Kier alpha value is -1.12. The number of aromatic nitrogens is 1. The molecule has 2 heterocycles. The molecule has 1 aliphatic carbocycles. The van der Waals surface area contributed by atoms with Crippen molar-refractivity contribution in [1.82, 2.24) is 4.98 Å². The molecule has 3 heteroatoms. The van der Waals surface area contributed by atoms with Crippen molar-refractivity contribution in [3.8, 4) is 0 Å². The first-order chi connectivity index (χ1) is 7.83. The van der Waals surface area contributed by atoms with Crippen LogP contribution in [0.5, 0.6) is 0 Å². The van der Waals surface area contributed by atoms with Crippen LogP contribution in [0, 0.1) is 17.8 Å². The molecule has 0 N–H and O–H groups in total. The third kappa shape index (κ3) is 1.79. The first-order valence-corrected chi connectivity index (χ1v) is 6.20. The number of anilines is 1. The standard InChI is InChI=1S/C13H17FN2/c14-12-6-3-7-13(15-12)16-8-10-4-1-2-5-11(10)9-16/h3,6-7,10-11H,1-2,4-5,8-9H2. The molecule has 2 atom stereocenters. The number of pyridine rings is 1. The summed E-state index contributed by atoms with van der Waals surface area (Å²) in [6.45, 7) is 2.14. The summed E-state index contributed by atoms with van der Waals surface area (Å²) in [6, 6.07) is 5.08. The second kappa shape index (κ2) is 4.04. The zero-order valence-corrected chi connectivity index (χ0v) is 9.40. The topological polar surface area (TPSA) is 16.1 Å². The van der Waals surface area contributed by atoms with Crippen LogP contribution in [0.15, 0.2) is 18.2 Å². The van der Waals surface area contributed by atoms with Gasteiger partial charge in [-0.05, 0) is 36.8 Å². The van der Waals surface area contributed by atoms with Gasteiger partial charge in [-0.3, -0.25) is 0 Å². The zero-order valence-electron chi connectivity index (χ0n) is 9.40. The van der Waals surface area contributed by atoms with Gasteiger partial charge in [0.15, 0.2) is 0 Å². The Kier molecular flexibility index (Phi) is 2.54. The number of fused-ring (bicyclic) bond motifs is 1. The van der Waals surface area contributed by atoms with Crippen LogP contribution in [0.25, 0.3) is 0 Å². The Morgan fingerprint density at radius 1 is 1.12 bits per heavy atom. The van der Waals surface area contributed by atoms with Gasteiger partial charge in [0.05, 0.1) is 0 Å². The highest BCUT2D eigenvalue weighted by Crippen LogP contribution is 2.37. The molecule has 16 heavy (non-hydrogen) atoms. The van der Waals surface area contributed by atoms with Crippen LogP contribution in [0.4, 0.5) is 10.2 Å². The molecule has 86 valence electrons. The Labute approximate surface area is 95.5 Å². The van der Waals surface area contributed by atoms with Crippen LogP contribution in [0.2, 0.25) is 0 Å². The molecule has 1 saturated heterocycles.